The minimum atomic E-state index is -3.35. The van der Waals surface area contributed by atoms with Gasteiger partial charge in [-0.1, -0.05) is 62.4 Å². The Morgan fingerprint density at radius 3 is 2.42 bits per heavy atom. The van der Waals surface area contributed by atoms with Gasteiger partial charge in [0.25, 0.3) is 0 Å². The Hall–Kier alpha value is -1.69. The van der Waals surface area contributed by atoms with Crippen LogP contribution < -0.4 is 0 Å². The normalized spacial score (nSPS) is 20.8. The van der Waals surface area contributed by atoms with Crippen molar-refractivity contribution >= 4 is 10.0 Å². The molecule has 0 radical (unpaired) electrons. The second kappa shape index (κ2) is 7.91. The summed E-state index contributed by atoms with van der Waals surface area (Å²) in [7, 11) is -3.35. The molecule has 1 saturated heterocycles. The van der Waals surface area contributed by atoms with Gasteiger partial charge in [0, 0.05) is 6.54 Å². The third-order valence-electron chi connectivity index (χ3n) is 5.05. The van der Waals surface area contributed by atoms with Crippen molar-refractivity contribution in [2.24, 2.45) is 5.92 Å². The van der Waals surface area contributed by atoms with Gasteiger partial charge in [-0.15, -0.1) is 0 Å². The van der Waals surface area contributed by atoms with E-state index in [-0.39, 0.29) is 24.3 Å². The highest BCUT2D eigenvalue weighted by Crippen LogP contribution is 2.30. The van der Waals surface area contributed by atoms with E-state index in [1.807, 2.05) is 30.3 Å². The zero-order valence-electron chi connectivity index (χ0n) is 15.7. The van der Waals surface area contributed by atoms with Crippen LogP contribution in [0.3, 0.4) is 0 Å². The van der Waals surface area contributed by atoms with Gasteiger partial charge in [-0.3, -0.25) is 0 Å². The maximum Gasteiger partial charge on any atom is 0.217 e. The highest BCUT2D eigenvalue weighted by molar-refractivity contribution is 7.89. The molecular formula is C21H27NO3S. The first-order chi connectivity index (χ1) is 12.4. The summed E-state index contributed by atoms with van der Waals surface area (Å²) in [6.07, 6.45) is 0. The lowest BCUT2D eigenvalue weighted by Crippen LogP contribution is -2.44. The molecule has 3 rings (SSSR count). The Balaban J connectivity index is 2.03. The average molecular weight is 374 g/mol. The quantitative estimate of drug-likeness (QED) is 0.818. The molecule has 0 saturated carbocycles. The van der Waals surface area contributed by atoms with Gasteiger partial charge in [0.15, 0.2) is 0 Å². The molecule has 0 aliphatic carbocycles. The van der Waals surface area contributed by atoms with Gasteiger partial charge in [0.2, 0.25) is 10.0 Å². The van der Waals surface area contributed by atoms with Crippen molar-refractivity contribution in [1.82, 2.24) is 4.31 Å². The van der Waals surface area contributed by atoms with Gasteiger partial charge in [-0.05, 0) is 35.1 Å². The van der Waals surface area contributed by atoms with Crippen LogP contribution >= 0.6 is 0 Å². The van der Waals surface area contributed by atoms with Crippen molar-refractivity contribution < 1.29 is 13.2 Å². The largest absolute Gasteiger partial charge is 0.379 e. The highest BCUT2D eigenvalue weighted by atomic mass is 32.2. The number of benzene rings is 2. The Morgan fingerprint density at radius 1 is 1.08 bits per heavy atom. The van der Waals surface area contributed by atoms with E-state index in [1.54, 1.807) is 4.31 Å². The monoisotopic (exact) mass is 373 g/mol. The summed E-state index contributed by atoms with van der Waals surface area (Å²) in [5, 5.41) is 0. The van der Waals surface area contributed by atoms with E-state index in [9.17, 15) is 8.42 Å². The molecule has 0 aromatic heterocycles. The number of rotatable bonds is 4. The molecule has 140 valence electrons. The second-order valence-corrected chi connectivity index (χ2v) is 9.26. The number of aryl methyl sites for hydroxylation is 1. The van der Waals surface area contributed by atoms with Crippen molar-refractivity contribution in [2.75, 3.05) is 19.0 Å². The fourth-order valence-electron chi connectivity index (χ4n) is 3.48. The molecule has 5 heteroatoms. The van der Waals surface area contributed by atoms with Crippen LogP contribution in [-0.4, -0.2) is 37.7 Å². The summed E-state index contributed by atoms with van der Waals surface area (Å²) in [6.45, 7) is 7.27. The van der Waals surface area contributed by atoms with Crippen LogP contribution in [-0.2, 0) is 21.3 Å². The average Bonchev–Trinajstić information content (AvgIpc) is 2.75. The van der Waals surface area contributed by atoms with Crippen LogP contribution in [0.4, 0.5) is 0 Å². The van der Waals surface area contributed by atoms with E-state index < -0.39 is 10.0 Å². The lowest BCUT2D eigenvalue weighted by Gasteiger charge is -2.31. The zero-order chi connectivity index (χ0) is 18.7. The maximum absolute atomic E-state index is 12.9. The van der Waals surface area contributed by atoms with Gasteiger partial charge >= 0.3 is 0 Å². The van der Waals surface area contributed by atoms with Crippen LogP contribution in [0.5, 0.6) is 0 Å². The van der Waals surface area contributed by atoms with Gasteiger partial charge in [-0.2, -0.15) is 4.31 Å². The van der Waals surface area contributed by atoms with Crippen molar-refractivity contribution in [3.05, 3.63) is 59.7 Å². The van der Waals surface area contributed by atoms with Crippen molar-refractivity contribution in [3.8, 4) is 11.1 Å². The van der Waals surface area contributed by atoms with E-state index in [1.165, 1.54) is 5.56 Å². The van der Waals surface area contributed by atoms with Gasteiger partial charge in [0.05, 0.1) is 25.0 Å². The Labute approximate surface area is 156 Å². The maximum atomic E-state index is 12.9. The molecule has 0 amide bonds. The summed E-state index contributed by atoms with van der Waals surface area (Å²) in [6, 6.07) is 16.1. The number of hydrogen-bond acceptors (Lipinski definition) is 3. The lowest BCUT2D eigenvalue weighted by molar-refractivity contribution is 0.0902. The molecule has 0 bridgehead atoms. The van der Waals surface area contributed by atoms with E-state index in [0.29, 0.717) is 13.2 Å². The van der Waals surface area contributed by atoms with Crippen LogP contribution in [0.25, 0.3) is 11.1 Å². The molecule has 2 aromatic carbocycles. The van der Waals surface area contributed by atoms with Gasteiger partial charge in [0.1, 0.15) is 0 Å². The molecular weight excluding hydrogens is 346 g/mol. The van der Waals surface area contributed by atoms with Crippen LogP contribution in [0.15, 0.2) is 48.5 Å². The third-order valence-corrected chi connectivity index (χ3v) is 6.85. The Kier molecular flexibility index (Phi) is 5.80. The number of hydrogen-bond donors (Lipinski definition) is 0. The van der Waals surface area contributed by atoms with Gasteiger partial charge in [-0.25, -0.2) is 8.42 Å². The number of nitrogens with zero attached hydrogens (tertiary/aromatic N) is 1. The van der Waals surface area contributed by atoms with Crippen LogP contribution in [0.1, 0.15) is 25.0 Å². The predicted molar refractivity (Wildman–Crippen MR) is 105 cm³/mol. The standard InChI is InChI=1S/C21H27NO3S/c1-16(2)21-15-25-12-13-26(23,24)22(21)14-18-9-5-7-11-20(18)19-10-6-4-8-17(19)3/h4-11,16,21H,12-15H2,1-3H3/t21-/m1/s1. The SMILES string of the molecule is Cc1ccccc1-c1ccccc1CN1[C@@H](C(C)C)COCCS1(=O)=O. The van der Waals surface area contributed by atoms with E-state index in [4.69, 9.17) is 4.74 Å². The molecule has 0 unspecified atom stereocenters. The first-order valence-corrected chi connectivity index (χ1v) is 10.7. The van der Waals surface area contributed by atoms with Crippen molar-refractivity contribution in [3.63, 3.8) is 0 Å². The Morgan fingerprint density at radius 2 is 1.73 bits per heavy atom. The summed E-state index contributed by atoms with van der Waals surface area (Å²) in [5.41, 5.74) is 4.45. The topological polar surface area (TPSA) is 46.6 Å². The molecule has 26 heavy (non-hydrogen) atoms. The summed E-state index contributed by atoms with van der Waals surface area (Å²) in [5.74, 6) is 0.233. The van der Waals surface area contributed by atoms with Gasteiger partial charge < -0.3 is 4.74 Å². The highest BCUT2D eigenvalue weighted by Gasteiger charge is 2.35. The summed E-state index contributed by atoms with van der Waals surface area (Å²) in [4.78, 5) is 0. The van der Waals surface area contributed by atoms with Crippen LogP contribution in [0, 0.1) is 12.8 Å². The second-order valence-electron chi connectivity index (χ2n) is 7.22. The first kappa shape index (κ1) is 19.1. The van der Waals surface area contributed by atoms with E-state index >= 15 is 0 Å². The number of sulfonamides is 1. The number of ether oxygens (including phenoxy) is 1. The third kappa shape index (κ3) is 4.00. The molecule has 0 N–H and O–H groups in total. The first-order valence-electron chi connectivity index (χ1n) is 9.11. The molecule has 1 aliphatic rings. The van der Waals surface area contributed by atoms with Crippen LogP contribution in [0.2, 0.25) is 0 Å². The molecule has 0 spiro atoms. The molecule has 1 atom stereocenters. The fraction of sp³-hybridized carbons (Fsp3) is 0.429. The minimum Gasteiger partial charge on any atom is -0.379 e. The Bertz CT molecular complexity index is 861. The summed E-state index contributed by atoms with van der Waals surface area (Å²) >= 11 is 0. The fourth-order valence-corrected chi connectivity index (χ4v) is 5.10. The van der Waals surface area contributed by atoms with Crippen molar-refractivity contribution in [2.45, 2.75) is 33.4 Å². The molecule has 1 fully saturated rings. The lowest BCUT2D eigenvalue weighted by atomic mass is 9.95. The molecule has 1 aliphatic heterocycles. The minimum absolute atomic E-state index is 0.0444. The van der Waals surface area contributed by atoms with Crippen molar-refractivity contribution in [1.29, 1.82) is 0 Å². The van der Waals surface area contributed by atoms with E-state index in [0.717, 1.165) is 16.7 Å². The molecule has 2 aromatic rings. The predicted octanol–water partition coefficient (Wildman–Crippen LogP) is 3.85. The summed E-state index contributed by atoms with van der Waals surface area (Å²) < 4.78 is 33.0. The molecule has 4 nitrogen and oxygen atoms in total. The smallest absolute Gasteiger partial charge is 0.217 e. The van der Waals surface area contributed by atoms with E-state index in [2.05, 4.69) is 39.0 Å². The zero-order valence-corrected chi connectivity index (χ0v) is 16.5. The molecule has 1 heterocycles.